The molecule has 8 nitrogen and oxygen atoms in total. The van der Waals surface area contributed by atoms with Gasteiger partial charge in [0, 0.05) is 40.3 Å². The van der Waals surface area contributed by atoms with Crippen LogP contribution < -0.4 is 21.4 Å². The summed E-state index contributed by atoms with van der Waals surface area (Å²) in [4.78, 5) is 22.7. The van der Waals surface area contributed by atoms with Gasteiger partial charge in [0.1, 0.15) is 6.04 Å². The molecule has 1 aliphatic carbocycles. The van der Waals surface area contributed by atoms with Crippen LogP contribution in [-0.2, 0) is 9.63 Å². The van der Waals surface area contributed by atoms with Gasteiger partial charge in [-0.2, -0.15) is 10.7 Å². The van der Waals surface area contributed by atoms with Crippen molar-refractivity contribution in [3.8, 4) is 6.07 Å². The number of benzene rings is 1. The Bertz CT molecular complexity index is 1080. The molecule has 0 spiro atoms. The number of nitriles is 1. The van der Waals surface area contributed by atoms with Crippen LogP contribution in [0.4, 0.5) is 0 Å². The Morgan fingerprint density at radius 1 is 1.24 bits per heavy atom. The van der Waals surface area contributed by atoms with E-state index in [1.165, 1.54) is 0 Å². The second kappa shape index (κ2) is 16.7. The Morgan fingerprint density at radius 2 is 2.03 bits per heavy atom. The molecule has 0 saturated carbocycles. The van der Waals surface area contributed by atoms with Crippen LogP contribution in [-0.4, -0.2) is 45.5 Å². The van der Waals surface area contributed by atoms with Crippen LogP contribution >= 0.6 is 0 Å². The lowest BCUT2D eigenvalue weighted by Crippen LogP contribution is -2.39. The van der Waals surface area contributed by atoms with E-state index in [2.05, 4.69) is 39.4 Å². The van der Waals surface area contributed by atoms with E-state index in [1.54, 1.807) is 14.0 Å². The van der Waals surface area contributed by atoms with Gasteiger partial charge in [-0.3, -0.25) is 4.79 Å². The summed E-state index contributed by atoms with van der Waals surface area (Å²) in [6.45, 7) is 5.31. The van der Waals surface area contributed by atoms with Crippen molar-refractivity contribution in [2.45, 2.75) is 19.9 Å². The molecule has 4 N–H and O–H groups in total. The Balaban J connectivity index is 2.00. The van der Waals surface area contributed by atoms with Gasteiger partial charge in [0.15, 0.2) is 0 Å². The highest BCUT2D eigenvalue weighted by Crippen LogP contribution is 2.19. The predicted molar refractivity (Wildman–Crippen MR) is 149 cm³/mol. The third-order valence-electron chi connectivity index (χ3n) is 5.63. The molecule has 0 aromatic heterocycles. The highest BCUT2D eigenvalue weighted by molar-refractivity contribution is 5.83. The minimum Gasteiger partial charge on any atom is -0.394 e. The number of allylic oxidation sites excluding steroid dienone is 5. The largest absolute Gasteiger partial charge is 0.394 e. The smallest absolute Gasteiger partial charge is 0.241 e. The summed E-state index contributed by atoms with van der Waals surface area (Å²) >= 11 is 0. The zero-order chi connectivity index (χ0) is 26.9. The first-order valence-corrected chi connectivity index (χ1v) is 12.4. The van der Waals surface area contributed by atoms with Crippen LogP contribution in [0, 0.1) is 23.2 Å². The van der Waals surface area contributed by atoms with Crippen LogP contribution in [0.15, 0.2) is 95.2 Å². The zero-order valence-electron chi connectivity index (χ0n) is 22.1. The van der Waals surface area contributed by atoms with Crippen molar-refractivity contribution in [3.05, 3.63) is 95.8 Å². The first kappa shape index (κ1) is 29.3. The van der Waals surface area contributed by atoms with Gasteiger partial charge in [-0.05, 0) is 22.6 Å². The fourth-order valence-electron chi connectivity index (χ4n) is 3.64. The summed E-state index contributed by atoms with van der Waals surface area (Å²) in [6, 6.07) is 11.4. The molecule has 37 heavy (non-hydrogen) atoms. The number of hydrogen-bond donors (Lipinski definition) is 4. The van der Waals surface area contributed by atoms with Gasteiger partial charge in [-0.1, -0.05) is 79.8 Å². The average molecular weight is 503 g/mol. The molecule has 0 aliphatic heterocycles. The first-order chi connectivity index (χ1) is 18.0. The highest BCUT2D eigenvalue weighted by Gasteiger charge is 2.21. The van der Waals surface area contributed by atoms with Gasteiger partial charge in [-0.15, -0.1) is 0 Å². The second-order valence-electron chi connectivity index (χ2n) is 8.52. The molecule has 1 aliphatic rings. The van der Waals surface area contributed by atoms with E-state index in [1.807, 2.05) is 86.1 Å². The molecule has 0 bridgehead atoms. The molecular formula is C29H38N6O2. The summed E-state index contributed by atoms with van der Waals surface area (Å²) < 4.78 is 0. The maximum Gasteiger partial charge on any atom is 0.241 e. The van der Waals surface area contributed by atoms with Crippen molar-refractivity contribution in [2.24, 2.45) is 16.8 Å². The molecule has 0 saturated heterocycles. The molecule has 1 amide bonds. The third kappa shape index (κ3) is 10.7. The molecule has 2 rings (SSSR count). The molecule has 1 aromatic carbocycles. The standard InChI is InChI=1S/C29H38N6O2/c1-22(26-14-8-10-24(18-30)15-16-26)19-35-28(27-12-6-5-7-13-27)29(36)33-17-9-11-25(20-31-3)21-34-23(2)37-32-4/h5-16,20,22,24,28,31-32,35H,17,19,21H2,1-4H3,(H,33,36)/b11-9-,25-20+,34-23?. The summed E-state index contributed by atoms with van der Waals surface area (Å²) in [5, 5.41) is 18.6. The number of amides is 1. The summed E-state index contributed by atoms with van der Waals surface area (Å²) in [5.74, 6) is 0.370. The number of carbonyl (C=O) groups excluding carboxylic acids is 1. The van der Waals surface area contributed by atoms with E-state index < -0.39 is 6.04 Å². The monoisotopic (exact) mass is 502 g/mol. The summed E-state index contributed by atoms with van der Waals surface area (Å²) in [6.07, 6.45) is 15.4. The van der Waals surface area contributed by atoms with Crippen LogP contribution in [0.1, 0.15) is 25.5 Å². The average Bonchev–Trinajstić information content (AvgIpc) is 3.16. The minimum atomic E-state index is -0.493. The third-order valence-corrected chi connectivity index (χ3v) is 5.63. The van der Waals surface area contributed by atoms with Crippen LogP contribution in [0.5, 0.6) is 0 Å². The van der Waals surface area contributed by atoms with Crippen molar-refractivity contribution < 1.29 is 9.63 Å². The number of rotatable bonds is 13. The second-order valence-corrected chi connectivity index (χ2v) is 8.52. The molecule has 8 heteroatoms. The van der Waals surface area contributed by atoms with Crippen molar-refractivity contribution >= 4 is 11.8 Å². The summed E-state index contributed by atoms with van der Waals surface area (Å²) in [7, 11) is 3.50. The van der Waals surface area contributed by atoms with Gasteiger partial charge in [0.05, 0.1) is 18.5 Å². The molecule has 0 radical (unpaired) electrons. The maximum atomic E-state index is 13.2. The van der Waals surface area contributed by atoms with Crippen molar-refractivity contribution in [2.75, 3.05) is 33.7 Å². The van der Waals surface area contributed by atoms with Gasteiger partial charge < -0.3 is 20.8 Å². The van der Waals surface area contributed by atoms with Crippen LogP contribution in [0.25, 0.3) is 0 Å². The maximum absolute atomic E-state index is 13.2. The Labute approximate surface area is 220 Å². The molecule has 0 fully saturated rings. The Hall–Kier alpha value is -3.93. The van der Waals surface area contributed by atoms with E-state index in [4.69, 9.17) is 10.1 Å². The van der Waals surface area contributed by atoms with Gasteiger partial charge in [0.2, 0.25) is 11.8 Å². The quantitative estimate of drug-likeness (QED) is 0.142. The lowest BCUT2D eigenvalue weighted by molar-refractivity contribution is -0.123. The SMILES string of the molecule is CN/C=C(\C=C/CNC(=O)C(NCC(C)C1=CC=CC(C#N)C=C1)c1ccccc1)CN=C(C)ONC. The molecule has 1 aromatic rings. The van der Waals surface area contributed by atoms with E-state index in [-0.39, 0.29) is 17.7 Å². The number of aliphatic imine (C=N–C) groups is 1. The van der Waals surface area contributed by atoms with Crippen LogP contribution in [0.3, 0.4) is 0 Å². The van der Waals surface area contributed by atoms with E-state index in [0.717, 1.165) is 16.7 Å². The number of nitrogens with zero attached hydrogens (tertiary/aromatic N) is 2. The fraction of sp³-hybridized carbons (Fsp3) is 0.345. The topological polar surface area (TPSA) is 111 Å². The number of hydroxylamine groups is 1. The fourth-order valence-corrected chi connectivity index (χ4v) is 3.64. The van der Waals surface area contributed by atoms with Crippen LogP contribution in [0.2, 0.25) is 0 Å². The van der Waals surface area contributed by atoms with Crippen molar-refractivity contribution in [1.29, 1.82) is 5.26 Å². The van der Waals surface area contributed by atoms with Gasteiger partial charge in [-0.25, -0.2) is 4.99 Å². The van der Waals surface area contributed by atoms with E-state index >= 15 is 0 Å². The lowest BCUT2D eigenvalue weighted by atomic mass is 9.98. The number of carbonyl (C=O) groups is 1. The minimum absolute atomic E-state index is 0.103. The zero-order valence-corrected chi connectivity index (χ0v) is 22.1. The highest BCUT2D eigenvalue weighted by atomic mass is 16.6. The first-order valence-electron chi connectivity index (χ1n) is 12.4. The van der Waals surface area contributed by atoms with Gasteiger partial charge in [0.25, 0.3) is 0 Å². The Morgan fingerprint density at radius 3 is 2.73 bits per heavy atom. The number of nitrogens with one attached hydrogen (secondary N) is 4. The lowest BCUT2D eigenvalue weighted by Gasteiger charge is -2.21. The molecule has 3 unspecified atom stereocenters. The normalized spacial score (nSPS) is 17.5. The Kier molecular flexibility index (Phi) is 13.2. The predicted octanol–water partition coefficient (Wildman–Crippen LogP) is 3.49. The van der Waals surface area contributed by atoms with Crippen molar-refractivity contribution in [1.82, 2.24) is 21.4 Å². The van der Waals surface area contributed by atoms with E-state index in [0.29, 0.717) is 25.5 Å². The molecule has 196 valence electrons. The molecular weight excluding hydrogens is 464 g/mol. The molecule has 3 atom stereocenters. The molecule has 0 heterocycles. The van der Waals surface area contributed by atoms with Crippen molar-refractivity contribution in [3.63, 3.8) is 0 Å². The van der Waals surface area contributed by atoms with Gasteiger partial charge >= 0.3 is 0 Å². The summed E-state index contributed by atoms with van der Waals surface area (Å²) in [5.41, 5.74) is 5.55. The van der Waals surface area contributed by atoms with E-state index in [9.17, 15) is 4.79 Å². The number of hydrogen-bond acceptors (Lipinski definition) is 7.